The molecule has 0 saturated carbocycles. The summed E-state index contributed by atoms with van der Waals surface area (Å²) in [6, 6.07) is 11.4. The van der Waals surface area contributed by atoms with E-state index in [0.717, 1.165) is 0 Å². The fraction of sp³-hybridized carbons (Fsp3) is 0.190. The number of hydrogen-bond acceptors (Lipinski definition) is 6. The SMILES string of the molecule is C=CCn1c(SCC(=O)c2ccc(OC)c(OC)c2)nnc1-c1ccccc1F. The molecule has 8 heteroatoms. The van der Waals surface area contributed by atoms with Gasteiger partial charge in [0.05, 0.1) is 25.5 Å². The number of ether oxygens (including phenoxy) is 2. The first-order chi connectivity index (χ1) is 14.1. The van der Waals surface area contributed by atoms with Crippen LogP contribution in [0.5, 0.6) is 11.5 Å². The van der Waals surface area contributed by atoms with Crippen molar-refractivity contribution in [2.45, 2.75) is 11.7 Å². The maximum absolute atomic E-state index is 14.2. The van der Waals surface area contributed by atoms with Crippen molar-refractivity contribution in [1.82, 2.24) is 14.8 Å². The molecule has 0 saturated heterocycles. The molecule has 0 N–H and O–H groups in total. The topological polar surface area (TPSA) is 66.2 Å². The summed E-state index contributed by atoms with van der Waals surface area (Å²) in [7, 11) is 3.05. The summed E-state index contributed by atoms with van der Waals surface area (Å²) in [6.07, 6.45) is 1.67. The Hall–Kier alpha value is -3.13. The van der Waals surface area contributed by atoms with Crippen molar-refractivity contribution >= 4 is 17.5 Å². The second kappa shape index (κ2) is 9.38. The number of benzene rings is 2. The van der Waals surface area contributed by atoms with Crippen molar-refractivity contribution in [2.24, 2.45) is 0 Å². The first-order valence-electron chi connectivity index (χ1n) is 8.76. The fourth-order valence-electron chi connectivity index (χ4n) is 2.75. The average Bonchev–Trinajstić information content (AvgIpc) is 3.14. The Morgan fingerprint density at radius 1 is 1.17 bits per heavy atom. The van der Waals surface area contributed by atoms with E-state index in [1.165, 1.54) is 32.0 Å². The lowest BCUT2D eigenvalue weighted by Gasteiger charge is -2.10. The van der Waals surface area contributed by atoms with Gasteiger partial charge in [0.1, 0.15) is 5.82 Å². The summed E-state index contributed by atoms with van der Waals surface area (Å²) in [4.78, 5) is 12.6. The number of Topliss-reactive ketones (excluding diaryl/α,β-unsaturated/α-hetero) is 1. The number of thioether (sulfide) groups is 1. The molecule has 0 atom stereocenters. The number of nitrogens with zero attached hydrogens (tertiary/aromatic N) is 3. The monoisotopic (exact) mass is 413 g/mol. The molecule has 0 aliphatic carbocycles. The first kappa shape index (κ1) is 20.6. The van der Waals surface area contributed by atoms with Crippen LogP contribution in [-0.2, 0) is 6.54 Å². The zero-order chi connectivity index (χ0) is 20.8. The van der Waals surface area contributed by atoms with Crippen LogP contribution in [0.1, 0.15) is 10.4 Å². The van der Waals surface area contributed by atoms with Crippen LogP contribution in [0.4, 0.5) is 4.39 Å². The molecule has 3 aromatic rings. The minimum Gasteiger partial charge on any atom is -0.493 e. The Labute approximate surface area is 172 Å². The zero-order valence-electron chi connectivity index (χ0n) is 16.1. The van der Waals surface area contributed by atoms with Crippen molar-refractivity contribution in [3.63, 3.8) is 0 Å². The number of rotatable bonds is 9. The van der Waals surface area contributed by atoms with E-state index < -0.39 is 0 Å². The second-order valence-corrected chi connectivity index (χ2v) is 6.91. The molecule has 1 heterocycles. The molecule has 0 spiro atoms. The first-order valence-corrected chi connectivity index (χ1v) is 9.74. The smallest absolute Gasteiger partial charge is 0.192 e. The van der Waals surface area contributed by atoms with Crippen molar-refractivity contribution in [1.29, 1.82) is 0 Å². The van der Waals surface area contributed by atoms with Gasteiger partial charge in [0.25, 0.3) is 0 Å². The van der Waals surface area contributed by atoms with Crippen molar-refractivity contribution < 1.29 is 18.7 Å². The van der Waals surface area contributed by atoms with Crippen LogP contribution < -0.4 is 9.47 Å². The molecular formula is C21H20FN3O3S. The highest BCUT2D eigenvalue weighted by Crippen LogP contribution is 2.29. The van der Waals surface area contributed by atoms with Gasteiger partial charge in [-0.3, -0.25) is 9.36 Å². The Kier molecular flexibility index (Phi) is 6.66. The molecule has 0 unspecified atom stereocenters. The molecule has 29 heavy (non-hydrogen) atoms. The summed E-state index contributed by atoms with van der Waals surface area (Å²) in [5.41, 5.74) is 0.846. The lowest BCUT2D eigenvalue weighted by atomic mass is 10.1. The van der Waals surface area contributed by atoms with Gasteiger partial charge in [-0.1, -0.05) is 30.0 Å². The average molecular weight is 413 g/mol. The quantitative estimate of drug-likeness (QED) is 0.297. The van der Waals surface area contributed by atoms with Gasteiger partial charge in [0, 0.05) is 12.1 Å². The minimum absolute atomic E-state index is 0.100. The van der Waals surface area contributed by atoms with Gasteiger partial charge in [-0.25, -0.2) is 4.39 Å². The van der Waals surface area contributed by atoms with Crippen LogP contribution in [0, 0.1) is 5.82 Å². The van der Waals surface area contributed by atoms with Gasteiger partial charge in [-0.2, -0.15) is 0 Å². The molecule has 0 aliphatic rings. The molecule has 3 rings (SSSR count). The largest absolute Gasteiger partial charge is 0.493 e. The molecular weight excluding hydrogens is 393 g/mol. The Balaban J connectivity index is 1.81. The highest BCUT2D eigenvalue weighted by atomic mass is 32.2. The van der Waals surface area contributed by atoms with Gasteiger partial charge in [-0.05, 0) is 30.3 Å². The summed E-state index contributed by atoms with van der Waals surface area (Å²) < 4.78 is 26.4. The Morgan fingerprint density at radius 3 is 2.62 bits per heavy atom. The van der Waals surface area contributed by atoms with E-state index in [1.807, 2.05) is 0 Å². The lowest BCUT2D eigenvalue weighted by molar-refractivity contribution is 0.102. The predicted octanol–water partition coefficient (Wildman–Crippen LogP) is 4.26. The lowest BCUT2D eigenvalue weighted by Crippen LogP contribution is -2.06. The summed E-state index contributed by atoms with van der Waals surface area (Å²) >= 11 is 1.23. The molecule has 1 aromatic heterocycles. The highest BCUT2D eigenvalue weighted by molar-refractivity contribution is 7.99. The number of carbonyl (C=O) groups is 1. The highest BCUT2D eigenvalue weighted by Gasteiger charge is 2.18. The van der Waals surface area contributed by atoms with Crippen LogP contribution in [0.2, 0.25) is 0 Å². The normalized spacial score (nSPS) is 10.6. The predicted molar refractivity (Wildman–Crippen MR) is 110 cm³/mol. The van der Waals surface area contributed by atoms with Gasteiger partial charge < -0.3 is 9.47 Å². The van der Waals surface area contributed by atoms with Crippen LogP contribution in [0.3, 0.4) is 0 Å². The number of methoxy groups -OCH3 is 2. The third-order valence-corrected chi connectivity index (χ3v) is 5.15. The summed E-state index contributed by atoms with van der Waals surface area (Å²) in [5, 5.41) is 8.78. The zero-order valence-corrected chi connectivity index (χ0v) is 16.9. The maximum atomic E-state index is 14.2. The van der Waals surface area contributed by atoms with Gasteiger partial charge in [0.2, 0.25) is 0 Å². The third-order valence-electron chi connectivity index (χ3n) is 4.18. The molecule has 0 bridgehead atoms. The van der Waals surface area contributed by atoms with Crippen molar-refractivity contribution in [3.8, 4) is 22.9 Å². The number of carbonyl (C=O) groups excluding carboxylic acids is 1. The van der Waals surface area contributed by atoms with Gasteiger partial charge in [-0.15, -0.1) is 16.8 Å². The van der Waals surface area contributed by atoms with E-state index in [0.29, 0.717) is 40.2 Å². The number of hydrogen-bond donors (Lipinski definition) is 0. The molecule has 2 aromatic carbocycles. The number of ketones is 1. The Morgan fingerprint density at radius 2 is 1.93 bits per heavy atom. The van der Waals surface area contributed by atoms with Gasteiger partial charge in [0.15, 0.2) is 28.3 Å². The van der Waals surface area contributed by atoms with Crippen molar-refractivity contribution in [2.75, 3.05) is 20.0 Å². The van der Waals surface area contributed by atoms with E-state index in [2.05, 4.69) is 16.8 Å². The van der Waals surface area contributed by atoms with E-state index in [-0.39, 0.29) is 17.4 Å². The second-order valence-electron chi connectivity index (χ2n) is 5.97. The molecule has 0 fully saturated rings. The molecule has 6 nitrogen and oxygen atoms in total. The Bertz CT molecular complexity index is 1040. The van der Waals surface area contributed by atoms with Crippen molar-refractivity contribution in [3.05, 3.63) is 66.5 Å². The minimum atomic E-state index is -0.386. The van der Waals surface area contributed by atoms with E-state index in [9.17, 15) is 9.18 Å². The number of halogens is 1. The maximum Gasteiger partial charge on any atom is 0.192 e. The molecule has 150 valence electrons. The fourth-order valence-corrected chi connectivity index (χ4v) is 3.60. The molecule has 0 radical (unpaired) electrons. The number of allylic oxidation sites excluding steroid dienone is 1. The van der Waals surface area contributed by atoms with Crippen LogP contribution in [0.25, 0.3) is 11.4 Å². The van der Waals surface area contributed by atoms with E-state index >= 15 is 0 Å². The van der Waals surface area contributed by atoms with Crippen LogP contribution in [0.15, 0.2) is 60.3 Å². The number of aromatic nitrogens is 3. The molecule has 0 amide bonds. The summed E-state index contributed by atoms with van der Waals surface area (Å²) in [5.74, 6) is 1.09. The van der Waals surface area contributed by atoms with Crippen LogP contribution >= 0.6 is 11.8 Å². The summed E-state index contributed by atoms with van der Waals surface area (Å²) in [6.45, 7) is 4.13. The van der Waals surface area contributed by atoms with Gasteiger partial charge >= 0.3 is 0 Å². The molecule has 0 aliphatic heterocycles. The van der Waals surface area contributed by atoms with Crippen LogP contribution in [-0.4, -0.2) is 40.5 Å². The standard InChI is InChI=1S/C21H20FN3O3S/c1-4-11-25-20(15-7-5-6-8-16(15)22)23-24-21(25)29-13-17(26)14-9-10-18(27-2)19(12-14)28-3/h4-10,12H,1,11,13H2,2-3H3. The van der Waals surface area contributed by atoms with E-state index in [4.69, 9.17) is 9.47 Å². The third kappa shape index (κ3) is 4.48. The van der Waals surface area contributed by atoms with E-state index in [1.54, 1.807) is 47.0 Å².